The monoisotopic (exact) mass is 181 g/mol. The molecule has 13 heavy (non-hydrogen) atoms. The minimum absolute atomic E-state index is 0.203. The third-order valence-electron chi connectivity index (χ3n) is 3.95. The van der Waals surface area contributed by atoms with Gasteiger partial charge in [-0.25, -0.2) is 0 Å². The molecule has 2 nitrogen and oxygen atoms in total. The van der Waals surface area contributed by atoms with E-state index in [9.17, 15) is 4.79 Å². The first kappa shape index (κ1) is 9.20. The van der Waals surface area contributed by atoms with Gasteiger partial charge in [-0.15, -0.1) is 0 Å². The highest BCUT2D eigenvalue weighted by atomic mass is 16.1. The molecule has 0 aromatic heterocycles. The van der Waals surface area contributed by atoms with E-state index < -0.39 is 0 Å². The van der Waals surface area contributed by atoms with E-state index in [4.69, 9.17) is 0 Å². The van der Waals surface area contributed by atoms with Crippen LogP contribution in [0.2, 0.25) is 0 Å². The van der Waals surface area contributed by atoms with Crippen molar-refractivity contribution in [2.75, 3.05) is 13.6 Å². The summed E-state index contributed by atoms with van der Waals surface area (Å²) in [6.45, 7) is 7.45. The Labute approximate surface area is 80.3 Å². The number of ketones is 1. The summed E-state index contributed by atoms with van der Waals surface area (Å²) in [5.74, 6) is 1.76. The number of carbonyl (C=O) groups is 1. The van der Waals surface area contributed by atoms with Gasteiger partial charge in [-0.3, -0.25) is 9.69 Å². The lowest BCUT2D eigenvalue weighted by atomic mass is 9.55. The topological polar surface area (TPSA) is 20.3 Å². The fraction of sp³-hybridized carbons (Fsp3) is 0.909. The molecule has 1 aliphatic heterocycles. The fourth-order valence-electron chi connectivity index (χ4n) is 3.60. The maximum absolute atomic E-state index is 11.5. The maximum atomic E-state index is 11.5. The van der Waals surface area contributed by atoms with Crippen molar-refractivity contribution < 1.29 is 4.79 Å². The van der Waals surface area contributed by atoms with Gasteiger partial charge < -0.3 is 0 Å². The minimum Gasteiger partial charge on any atom is -0.298 e. The van der Waals surface area contributed by atoms with Crippen LogP contribution in [0.4, 0.5) is 0 Å². The van der Waals surface area contributed by atoms with Crippen LogP contribution in [0, 0.1) is 17.3 Å². The van der Waals surface area contributed by atoms with Crippen LogP contribution in [0.25, 0.3) is 0 Å². The zero-order chi connectivity index (χ0) is 9.80. The number of nitrogens with zero attached hydrogens (tertiary/aromatic N) is 1. The number of fused-ring (bicyclic) bond motifs is 1. The second-order valence-corrected chi connectivity index (χ2v) is 5.47. The van der Waals surface area contributed by atoms with Crippen LogP contribution < -0.4 is 0 Å². The third kappa shape index (κ3) is 1.15. The summed E-state index contributed by atoms with van der Waals surface area (Å²) >= 11 is 0. The molecular formula is C11H19NO. The standard InChI is InChI=1S/C11H19NO/c1-7(13)10-9-8(6-12(10)4)5-11(9,2)3/h8-10H,5-6H2,1-4H3/t8-,9-,10+/m0/s1. The number of likely N-dealkylation sites (tertiary alicyclic amines) is 1. The Morgan fingerprint density at radius 2 is 2.08 bits per heavy atom. The highest BCUT2D eigenvalue weighted by Gasteiger charge is 2.57. The Bertz CT molecular complexity index is 246. The zero-order valence-corrected chi connectivity index (χ0v) is 9.00. The highest BCUT2D eigenvalue weighted by molar-refractivity contribution is 5.82. The van der Waals surface area contributed by atoms with E-state index in [2.05, 4.69) is 25.8 Å². The predicted octanol–water partition coefficient (Wildman–Crippen LogP) is 1.55. The molecule has 3 atom stereocenters. The van der Waals surface area contributed by atoms with Crippen molar-refractivity contribution in [2.24, 2.45) is 17.3 Å². The molecule has 2 rings (SSSR count). The zero-order valence-electron chi connectivity index (χ0n) is 9.00. The lowest BCUT2D eigenvalue weighted by Gasteiger charge is -2.49. The van der Waals surface area contributed by atoms with Gasteiger partial charge in [0.1, 0.15) is 5.78 Å². The second-order valence-electron chi connectivity index (χ2n) is 5.47. The summed E-state index contributed by atoms with van der Waals surface area (Å²) in [5.41, 5.74) is 0.395. The molecule has 0 aromatic rings. The van der Waals surface area contributed by atoms with Gasteiger partial charge in [0.05, 0.1) is 6.04 Å². The molecule has 2 fully saturated rings. The van der Waals surface area contributed by atoms with Gasteiger partial charge in [0.15, 0.2) is 0 Å². The summed E-state index contributed by atoms with van der Waals surface area (Å²) < 4.78 is 0. The lowest BCUT2D eigenvalue weighted by molar-refractivity contribution is -0.125. The second kappa shape index (κ2) is 2.57. The average Bonchev–Trinajstić information content (AvgIpc) is 2.23. The molecule has 1 saturated carbocycles. The third-order valence-corrected chi connectivity index (χ3v) is 3.95. The van der Waals surface area contributed by atoms with Gasteiger partial charge in [-0.1, -0.05) is 13.8 Å². The van der Waals surface area contributed by atoms with Gasteiger partial charge >= 0.3 is 0 Å². The van der Waals surface area contributed by atoms with E-state index in [1.54, 1.807) is 6.92 Å². The number of rotatable bonds is 1. The molecule has 0 radical (unpaired) electrons. The molecule has 1 heterocycles. The van der Waals surface area contributed by atoms with Gasteiger partial charge in [-0.05, 0) is 37.6 Å². The van der Waals surface area contributed by atoms with Gasteiger partial charge in [0, 0.05) is 6.54 Å². The number of Topliss-reactive ketones (excluding diaryl/α,β-unsaturated/α-hetero) is 1. The molecule has 0 bridgehead atoms. The van der Waals surface area contributed by atoms with Crippen LogP contribution in [-0.4, -0.2) is 30.3 Å². The first-order valence-corrected chi connectivity index (χ1v) is 5.14. The van der Waals surface area contributed by atoms with Crippen LogP contribution in [0.1, 0.15) is 27.2 Å². The molecule has 1 saturated heterocycles. The molecule has 0 unspecified atom stereocenters. The van der Waals surface area contributed by atoms with Crippen LogP contribution in [0.15, 0.2) is 0 Å². The van der Waals surface area contributed by atoms with Crippen LogP contribution >= 0.6 is 0 Å². The first-order valence-electron chi connectivity index (χ1n) is 5.14. The van der Waals surface area contributed by atoms with Crippen LogP contribution in [0.3, 0.4) is 0 Å². The van der Waals surface area contributed by atoms with Crippen LogP contribution in [0.5, 0.6) is 0 Å². The van der Waals surface area contributed by atoms with Crippen molar-refractivity contribution in [2.45, 2.75) is 33.2 Å². The number of hydrogen-bond donors (Lipinski definition) is 0. The van der Waals surface area contributed by atoms with E-state index in [0.29, 0.717) is 17.1 Å². The van der Waals surface area contributed by atoms with Gasteiger partial charge in [0.25, 0.3) is 0 Å². The molecule has 1 aliphatic carbocycles. The number of likely N-dealkylation sites (N-methyl/N-ethyl adjacent to an activating group) is 1. The molecule has 0 amide bonds. The minimum atomic E-state index is 0.203. The molecule has 0 aromatic carbocycles. The van der Waals surface area contributed by atoms with Crippen molar-refractivity contribution >= 4 is 5.78 Å². The van der Waals surface area contributed by atoms with Crippen molar-refractivity contribution in [1.82, 2.24) is 4.90 Å². The summed E-state index contributed by atoms with van der Waals surface area (Å²) in [5, 5.41) is 0. The SMILES string of the molecule is CC(=O)[C@@H]1[C@@H]2[C@H](CN1C)CC2(C)C. The Kier molecular flexibility index (Phi) is 1.82. The van der Waals surface area contributed by atoms with Gasteiger partial charge in [0.2, 0.25) is 0 Å². The maximum Gasteiger partial charge on any atom is 0.147 e. The molecule has 0 N–H and O–H groups in total. The normalized spacial score (nSPS) is 42.6. The Balaban J connectivity index is 2.22. The van der Waals surface area contributed by atoms with E-state index in [1.807, 2.05) is 0 Å². The van der Waals surface area contributed by atoms with Crippen molar-refractivity contribution in [3.63, 3.8) is 0 Å². The quantitative estimate of drug-likeness (QED) is 0.611. The summed E-state index contributed by atoms with van der Waals surface area (Å²) in [6, 6.07) is 0.203. The van der Waals surface area contributed by atoms with Crippen molar-refractivity contribution in [1.29, 1.82) is 0 Å². The van der Waals surface area contributed by atoms with E-state index >= 15 is 0 Å². The first-order chi connectivity index (χ1) is 5.93. The Morgan fingerprint density at radius 1 is 1.46 bits per heavy atom. The van der Waals surface area contributed by atoms with Crippen LogP contribution in [-0.2, 0) is 4.79 Å². The molecular weight excluding hydrogens is 162 g/mol. The lowest BCUT2D eigenvalue weighted by Crippen LogP contribution is -2.49. The highest BCUT2D eigenvalue weighted by Crippen LogP contribution is 2.56. The van der Waals surface area contributed by atoms with Gasteiger partial charge in [-0.2, -0.15) is 0 Å². The summed E-state index contributed by atoms with van der Waals surface area (Å²) in [7, 11) is 2.08. The summed E-state index contributed by atoms with van der Waals surface area (Å²) in [6.07, 6.45) is 1.30. The van der Waals surface area contributed by atoms with E-state index in [-0.39, 0.29) is 6.04 Å². The predicted molar refractivity (Wildman–Crippen MR) is 52.5 cm³/mol. The van der Waals surface area contributed by atoms with Crippen molar-refractivity contribution in [3.05, 3.63) is 0 Å². The van der Waals surface area contributed by atoms with E-state index in [1.165, 1.54) is 6.42 Å². The average molecular weight is 181 g/mol. The molecule has 74 valence electrons. The van der Waals surface area contributed by atoms with Crippen molar-refractivity contribution in [3.8, 4) is 0 Å². The molecule has 0 spiro atoms. The Hall–Kier alpha value is -0.370. The molecule has 2 aliphatic rings. The fourth-order valence-corrected chi connectivity index (χ4v) is 3.60. The smallest absolute Gasteiger partial charge is 0.147 e. The Morgan fingerprint density at radius 3 is 2.46 bits per heavy atom. The largest absolute Gasteiger partial charge is 0.298 e. The summed E-state index contributed by atoms with van der Waals surface area (Å²) in [4.78, 5) is 13.7. The number of hydrogen-bond acceptors (Lipinski definition) is 2. The van der Waals surface area contributed by atoms with E-state index in [0.717, 1.165) is 12.5 Å². The molecule has 2 heteroatoms. The number of carbonyl (C=O) groups excluding carboxylic acids is 1.